The highest BCUT2D eigenvalue weighted by Crippen LogP contribution is 2.27. The molecule has 1 amide bonds. The molecule has 8 nitrogen and oxygen atoms in total. The van der Waals surface area contributed by atoms with Crippen molar-refractivity contribution in [1.29, 1.82) is 0 Å². The summed E-state index contributed by atoms with van der Waals surface area (Å²) < 4.78 is 33.3. The Morgan fingerprint density at radius 2 is 2.15 bits per heavy atom. The lowest BCUT2D eigenvalue weighted by Crippen LogP contribution is -2.36. The Hall–Kier alpha value is -2.52. The number of anilines is 1. The van der Waals surface area contributed by atoms with E-state index in [1.807, 2.05) is 20.8 Å². The summed E-state index contributed by atoms with van der Waals surface area (Å²) in [5.41, 5.74) is 0.123. The molecule has 1 fully saturated rings. The summed E-state index contributed by atoms with van der Waals surface area (Å²) in [6.07, 6.45) is -1.04. The van der Waals surface area contributed by atoms with Crippen molar-refractivity contribution in [1.82, 2.24) is 24.4 Å². The van der Waals surface area contributed by atoms with Crippen LogP contribution in [-0.2, 0) is 11.3 Å². The summed E-state index contributed by atoms with van der Waals surface area (Å²) in [4.78, 5) is 26.1. The zero-order valence-corrected chi connectivity index (χ0v) is 15.9. The molecule has 27 heavy (non-hydrogen) atoms. The first-order valence-corrected chi connectivity index (χ1v) is 8.93. The molecule has 10 heteroatoms. The van der Waals surface area contributed by atoms with Crippen LogP contribution in [0.3, 0.4) is 0 Å². The molecule has 1 N–H and O–H groups in total. The number of fused-ring (bicyclic) bond motifs is 1. The lowest BCUT2D eigenvalue weighted by molar-refractivity contribution is 0.0293. The van der Waals surface area contributed by atoms with Crippen LogP contribution in [0.5, 0.6) is 0 Å². The van der Waals surface area contributed by atoms with E-state index in [1.165, 1.54) is 10.9 Å². The van der Waals surface area contributed by atoms with Crippen LogP contribution < -0.4 is 5.32 Å². The third-order valence-corrected chi connectivity index (χ3v) is 4.25. The maximum Gasteiger partial charge on any atom is 0.410 e. The number of halogens is 2. The molecule has 1 aliphatic heterocycles. The molecule has 2 aromatic heterocycles. The van der Waals surface area contributed by atoms with Crippen LogP contribution in [0.25, 0.3) is 11.2 Å². The summed E-state index contributed by atoms with van der Waals surface area (Å²) in [5.74, 6) is 0.0722. The van der Waals surface area contributed by atoms with Gasteiger partial charge in [0, 0.05) is 25.7 Å². The van der Waals surface area contributed by atoms with E-state index < -0.39 is 12.0 Å². The number of amides is 1. The Bertz CT molecular complexity index is 833. The minimum Gasteiger partial charge on any atom is -0.444 e. The van der Waals surface area contributed by atoms with Crippen LogP contribution in [0, 0.1) is 0 Å². The lowest BCUT2D eigenvalue weighted by Gasteiger charge is -2.24. The smallest absolute Gasteiger partial charge is 0.410 e. The van der Waals surface area contributed by atoms with Gasteiger partial charge in [0.1, 0.15) is 11.9 Å². The van der Waals surface area contributed by atoms with Gasteiger partial charge in [-0.25, -0.2) is 28.5 Å². The van der Waals surface area contributed by atoms with E-state index >= 15 is 0 Å². The SMILES string of the molecule is CCn1c(C(F)F)nc2c(NC3CCN(C(=O)OC(C)(C)C)C3)ncnc21. The van der Waals surface area contributed by atoms with E-state index in [0.717, 1.165) is 0 Å². The van der Waals surface area contributed by atoms with Crippen molar-refractivity contribution in [2.45, 2.75) is 58.7 Å². The minimum atomic E-state index is -2.69. The van der Waals surface area contributed by atoms with Gasteiger partial charge in [0.2, 0.25) is 0 Å². The highest BCUT2D eigenvalue weighted by molar-refractivity contribution is 5.83. The highest BCUT2D eigenvalue weighted by atomic mass is 19.3. The molecule has 0 bridgehead atoms. The molecular weight excluding hydrogens is 358 g/mol. The van der Waals surface area contributed by atoms with Gasteiger partial charge in [-0.2, -0.15) is 0 Å². The van der Waals surface area contributed by atoms with Crippen molar-refractivity contribution in [3.8, 4) is 0 Å². The predicted octanol–water partition coefficient (Wildman–Crippen LogP) is 3.21. The van der Waals surface area contributed by atoms with E-state index in [4.69, 9.17) is 4.74 Å². The second kappa shape index (κ2) is 7.24. The second-order valence-corrected chi connectivity index (χ2v) is 7.47. The fourth-order valence-electron chi connectivity index (χ4n) is 3.10. The Morgan fingerprint density at radius 3 is 2.78 bits per heavy atom. The molecule has 2 aromatic rings. The van der Waals surface area contributed by atoms with Crippen LogP contribution in [0.4, 0.5) is 19.4 Å². The maximum atomic E-state index is 13.3. The quantitative estimate of drug-likeness (QED) is 0.874. The van der Waals surface area contributed by atoms with Crippen molar-refractivity contribution in [3.05, 3.63) is 12.2 Å². The molecule has 1 atom stereocenters. The average molecular weight is 382 g/mol. The van der Waals surface area contributed by atoms with E-state index in [2.05, 4.69) is 20.3 Å². The lowest BCUT2D eigenvalue weighted by atomic mass is 10.2. The monoisotopic (exact) mass is 382 g/mol. The van der Waals surface area contributed by atoms with Gasteiger partial charge in [-0.15, -0.1) is 0 Å². The standard InChI is InChI=1S/C17H24F2N6O2/c1-5-25-14-11(23-15(25)12(18)19)13(20-9-21-14)22-10-6-7-24(8-10)16(26)27-17(2,3)4/h9-10,12H,5-8H2,1-4H3,(H,20,21,22). The normalized spacial score (nSPS) is 17.7. The second-order valence-electron chi connectivity index (χ2n) is 7.47. The number of likely N-dealkylation sites (tertiary alicyclic amines) is 1. The molecule has 0 aromatic carbocycles. The molecule has 0 saturated carbocycles. The first-order chi connectivity index (χ1) is 12.7. The third kappa shape index (κ3) is 4.09. The van der Waals surface area contributed by atoms with Gasteiger partial charge in [-0.05, 0) is 34.1 Å². The molecule has 3 rings (SSSR count). The molecule has 1 aliphatic rings. The Morgan fingerprint density at radius 1 is 1.41 bits per heavy atom. The number of carbonyl (C=O) groups excluding carboxylic acids is 1. The number of alkyl halides is 2. The molecule has 3 heterocycles. The number of imidazole rings is 1. The van der Waals surface area contributed by atoms with Gasteiger partial charge in [-0.3, -0.25) is 0 Å². The zero-order chi connectivity index (χ0) is 19.8. The molecule has 148 valence electrons. The first kappa shape index (κ1) is 19.2. The Kier molecular flexibility index (Phi) is 5.16. The maximum absolute atomic E-state index is 13.3. The van der Waals surface area contributed by atoms with E-state index in [0.29, 0.717) is 43.0 Å². The van der Waals surface area contributed by atoms with Crippen LogP contribution in [0.2, 0.25) is 0 Å². The van der Waals surface area contributed by atoms with Crippen molar-refractivity contribution >= 4 is 23.1 Å². The zero-order valence-electron chi connectivity index (χ0n) is 15.9. The summed E-state index contributed by atoms with van der Waals surface area (Å²) in [5, 5.41) is 3.21. The fraction of sp³-hybridized carbons (Fsp3) is 0.647. The Balaban J connectivity index is 1.77. The van der Waals surface area contributed by atoms with Crippen molar-refractivity contribution in [2.75, 3.05) is 18.4 Å². The number of carbonyl (C=O) groups is 1. The van der Waals surface area contributed by atoms with E-state index in [1.54, 1.807) is 11.8 Å². The summed E-state index contributed by atoms with van der Waals surface area (Å²) in [6.45, 7) is 8.54. The number of aromatic nitrogens is 4. The van der Waals surface area contributed by atoms with Crippen molar-refractivity contribution in [2.24, 2.45) is 0 Å². The fourth-order valence-corrected chi connectivity index (χ4v) is 3.10. The summed E-state index contributed by atoms with van der Waals surface area (Å²) >= 11 is 0. The molecule has 0 radical (unpaired) electrons. The van der Waals surface area contributed by atoms with Crippen molar-refractivity contribution < 1.29 is 18.3 Å². The molecule has 0 aliphatic carbocycles. The number of aryl methyl sites for hydroxylation is 1. The molecular formula is C17H24F2N6O2. The molecule has 1 saturated heterocycles. The van der Waals surface area contributed by atoms with E-state index in [9.17, 15) is 13.6 Å². The number of nitrogens with one attached hydrogen (secondary N) is 1. The number of hydrogen-bond donors (Lipinski definition) is 1. The van der Waals surface area contributed by atoms with Gasteiger partial charge in [0.05, 0.1) is 0 Å². The predicted molar refractivity (Wildman–Crippen MR) is 95.8 cm³/mol. The van der Waals surface area contributed by atoms with Crippen LogP contribution in [0.1, 0.15) is 46.4 Å². The Labute approximate surface area is 155 Å². The number of nitrogens with zero attached hydrogens (tertiary/aromatic N) is 5. The van der Waals surface area contributed by atoms with Crippen molar-refractivity contribution in [3.63, 3.8) is 0 Å². The van der Waals surface area contributed by atoms with Gasteiger partial charge >= 0.3 is 6.09 Å². The van der Waals surface area contributed by atoms with Crippen LogP contribution >= 0.6 is 0 Å². The third-order valence-electron chi connectivity index (χ3n) is 4.25. The minimum absolute atomic E-state index is 0.0719. The van der Waals surface area contributed by atoms with Crippen LogP contribution in [0.15, 0.2) is 6.33 Å². The number of ether oxygens (including phenoxy) is 1. The topological polar surface area (TPSA) is 85.2 Å². The average Bonchev–Trinajstić information content (AvgIpc) is 3.18. The summed E-state index contributed by atoms with van der Waals surface area (Å²) in [6, 6.07) is -0.0719. The van der Waals surface area contributed by atoms with Gasteiger partial charge in [0.25, 0.3) is 6.43 Å². The summed E-state index contributed by atoms with van der Waals surface area (Å²) in [7, 11) is 0. The highest BCUT2D eigenvalue weighted by Gasteiger charge is 2.30. The largest absolute Gasteiger partial charge is 0.444 e. The molecule has 1 unspecified atom stereocenters. The van der Waals surface area contributed by atoms with E-state index in [-0.39, 0.29) is 18.0 Å². The first-order valence-electron chi connectivity index (χ1n) is 8.93. The molecule has 0 spiro atoms. The number of rotatable bonds is 4. The van der Waals surface area contributed by atoms with Gasteiger partial charge in [-0.1, -0.05) is 0 Å². The van der Waals surface area contributed by atoms with Crippen LogP contribution in [-0.4, -0.2) is 55.2 Å². The van der Waals surface area contributed by atoms with Gasteiger partial charge in [0.15, 0.2) is 22.8 Å². The number of hydrogen-bond acceptors (Lipinski definition) is 6. The van der Waals surface area contributed by atoms with Gasteiger partial charge < -0.3 is 19.5 Å².